The Hall–Kier alpha value is -3.40. The van der Waals surface area contributed by atoms with E-state index in [2.05, 4.69) is 4.98 Å². The lowest BCUT2D eigenvalue weighted by Crippen LogP contribution is -2.37. The van der Waals surface area contributed by atoms with E-state index in [4.69, 9.17) is 37.4 Å². The number of nitrogens with one attached hydrogen (secondary N) is 1. The minimum Gasteiger partial charge on any atom is -0.459 e. The molecule has 1 aliphatic heterocycles. The van der Waals surface area contributed by atoms with E-state index in [1.54, 1.807) is 24.3 Å². The smallest absolute Gasteiger partial charge is 0.338 e. The van der Waals surface area contributed by atoms with Crippen molar-refractivity contribution in [1.82, 2.24) is 9.55 Å². The van der Waals surface area contributed by atoms with Gasteiger partial charge in [0, 0.05) is 28.7 Å². The monoisotopic (exact) mass is 534 g/mol. The van der Waals surface area contributed by atoms with E-state index in [1.165, 1.54) is 36.5 Å². The molecule has 0 amide bonds. The summed E-state index contributed by atoms with van der Waals surface area (Å²) >= 11 is 11.7. The van der Waals surface area contributed by atoms with Crippen LogP contribution in [0.5, 0.6) is 0 Å². The van der Waals surface area contributed by atoms with Crippen LogP contribution < -0.4 is 11.2 Å². The zero-order chi connectivity index (χ0) is 26.2. The number of aromatic nitrogens is 2. The molecular formula is C25H24Cl2N2O7. The second-order valence-electron chi connectivity index (χ2n) is 7.41. The fourth-order valence-corrected chi connectivity index (χ4v) is 3.71. The largest absolute Gasteiger partial charge is 0.459 e. The lowest BCUT2D eigenvalue weighted by atomic mass is 10.1. The minimum atomic E-state index is -1.03. The van der Waals surface area contributed by atoms with Crippen molar-refractivity contribution in [3.63, 3.8) is 0 Å². The summed E-state index contributed by atoms with van der Waals surface area (Å²) in [6, 6.07) is 13.4. The maximum absolute atomic E-state index is 12.6. The van der Waals surface area contributed by atoms with Crippen molar-refractivity contribution in [2.75, 3.05) is 6.61 Å². The number of benzene rings is 2. The van der Waals surface area contributed by atoms with E-state index in [9.17, 15) is 19.2 Å². The highest BCUT2D eigenvalue weighted by molar-refractivity contribution is 6.31. The van der Waals surface area contributed by atoms with Gasteiger partial charge in [0.1, 0.15) is 25.0 Å². The van der Waals surface area contributed by atoms with Gasteiger partial charge in [0.25, 0.3) is 5.56 Å². The first-order valence-electron chi connectivity index (χ1n) is 11.2. The van der Waals surface area contributed by atoms with Crippen molar-refractivity contribution in [3.8, 4) is 0 Å². The molecule has 0 radical (unpaired) electrons. The van der Waals surface area contributed by atoms with E-state index < -0.39 is 41.6 Å². The summed E-state index contributed by atoms with van der Waals surface area (Å²) in [6.07, 6.45) is -1.64. The summed E-state index contributed by atoms with van der Waals surface area (Å²) in [5.41, 5.74) is -0.752. The van der Waals surface area contributed by atoms with Gasteiger partial charge in [-0.3, -0.25) is 4.79 Å². The third kappa shape index (κ3) is 6.63. The Morgan fingerprint density at radius 2 is 1.50 bits per heavy atom. The Bertz CT molecular complexity index is 1280. The normalized spacial score (nSPS) is 18.6. The molecule has 4 rings (SSSR count). The molecule has 0 spiro atoms. The summed E-state index contributed by atoms with van der Waals surface area (Å²) in [4.78, 5) is 51.9. The van der Waals surface area contributed by atoms with E-state index in [-0.39, 0.29) is 24.2 Å². The number of aromatic amines is 1. The Morgan fingerprint density at radius 1 is 0.944 bits per heavy atom. The number of hydrogen-bond acceptors (Lipinski definition) is 7. The second-order valence-corrected chi connectivity index (χ2v) is 8.28. The van der Waals surface area contributed by atoms with Crippen LogP contribution in [0.2, 0.25) is 10.0 Å². The fraction of sp³-hybridized carbons (Fsp3) is 0.280. The predicted octanol–water partition coefficient (Wildman–Crippen LogP) is 4.24. The summed E-state index contributed by atoms with van der Waals surface area (Å²) in [5, 5.41) is 0.918. The lowest BCUT2D eigenvalue weighted by molar-refractivity contribution is -0.0589. The van der Waals surface area contributed by atoms with Crippen LogP contribution in [0.1, 0.15) is 47.2 Å². The molecule has 1 aliphatic rings. The Morgan fingerprint density at radius 3 is 2.06 bits per heavy atom. The molecule has 190 valence electrons. The third-order valence-corrected chi connectivity index (χ3v) is 5.66. The number of H-pyrrole nitrogens is 1. The van der Waals surface area contributed by atoms with Crippen molar-refractivity contribution in [2.45, 2.75) is 38.7 Å². The third-order valence-electron chi connectivity index (χ3n) is 5.15. The van der Waals surface area contributed by atoms with E-state index in [0.29, 0.717) is 10.0 Å². The van der Waals surface area contributed by atoms with Crippen molar-refractivity contribution in [1.29, 1.82) is 0 Å². The van der Waals surface area contributed by atoms with Gasteiger partial charge in [-0.1, -0.05) is 37.0 Å². The van der Waals surface area contributed by atoms with Gasteiger partial charge < -0.3 is 19.2 Å². The number of hydrogen-bond donors (Lipinski definition) is 1. The van der Waals surface area contributed by atoms with E-state index in [0.717, 1.165) is 4.57 Å². The maximum Gasteiger partial charge on any atom is 0.338 e. The van der Waals surface area contributed by atoms with Gasteiger partial charge in [-0.2, -0.15) is 0 Å². The van der Waals surface area contributed by atoms with Gasteiger partial charge >= 0.3 is 17.6 Å². The van der Waals surface area contributed by atoms with Crippen LogP contribution in [-0.4, -0.2) is 40.3 Å². The van der Waals surface area contributed by atoms with Crippen LogP contribution in [0, 0.1) is 0 Å². The van der Waals surface area contributed by atoms with Crippen LogP contribution in [-0.2, 0) is 14.2 Å². The molecule has 9 nitrogen and oxygen atoms in total. The number of carbonyl (C=O) groups excluding carboxylic acids is 2. The van der Waals surface area contributed by atoms with Gasteiger partial charge in [0.05, 0.1) is 11.1 Å². The molecule has 2 heterocycles. The molecule has 3 aromatic rings. The molecule has 1 fully saturated rings. The SMILES string of the molecule is CC.O=C(OCC1OC(n2c(=O)cc[nH]c2=O)CC1OC(=O)c1ccc(Cl)cc1)c1ccc(Cl)cc1. The highest BCUT2D eigenvalue weighted by Crippen LogP contribution is 2.30. The minimum absolute atomic E-state index is 0.00447. The molecule has 0 bridgehead atoms. The second kappa shape index (κ2) is 12.5. The van der Waals surface area contributed by atoms with Crippen molar-refractivity contribution >= 4 is 35.1 Å². The van der Waals surface area contributed by atoms with Gasteiger partial charge in [-0.15, -0.1) is 0 Å². The fourth-order valence-electron chi connectivity index (χ4n) is 3.46. The average Bonchev–Trinajstić information content (AvgIpc) is 3.26. The summed E-state index contributed by atoms with van der Waals surface area (Å²) in [5.74, 6) is -1.30. The first kappa shape index (κ1) is 27.2. The van der Waals surface area contributed by atoms with Crippen LogP contribution in [0.15, 0.2) is 70.4 Å². The first-order chi connectivity index (χ1) is 17.3. The summed E-state index contributed by atoms with van der Waals surface area (Å²) in [6.45, 7) is 3.72. The first-order valence-corrected chi connectivity index (χ1v) is 11.9. The molecular weight excluding hydrogens is 511 g/mol. The molecule has 0 saturated carbocycles. The van der Waals surface area contributed by atoms with Gasteiger partial charge in [0.2, 0.25) is 0 Å². The van der Waals surface area contributed by atoms with Crippen molar-refractivity contribution < 1.29 is 23.8 Å². The molecule has 1 saturated heterocycles. The molecule has 11 heteroatoms. The quantitative estimate of drug-likeness (QED) is 0.470. The Kier molecular flexibility index (Phi) is 9.46. The van der Waals surface area contributed by atoms with E-state index in [1.807, 2.05) is 13.8 Å². The van der Waals surface area contributed by atoms with Crippen LogP contribution in [0.4, 0.5) is 0 Å². The zero-order valence-electron chi connectivity index (χ0n) is 19.5. The highest BCUT2D eigenvalue weighted by Gasteiger charge is 2.41. The highest BCUT2D eigenvalue weighted by atomic mass is 35.5. The van der Waals surface area contributed by atoms with Gasteiger partial charge in [-0.25, -0.2) is 19.0 Å². The molecule has 2 aromatic carbocycles. The van der Waals surface area contributed by atoms with Crippen molar-refractivity contribution in [2.24, 2.45) is 0 Å². The average molecular weight is 535 g/mol. The summed E-state index contributed by atoms with van der Waals surface area (Å²) < 4.78 is 17.6. The molecule has 1 aromatic heterocycles. The van der Waals surface area contributed by atoms with Crippen LogP contribution >= 0.6 is 23.2 Å². The molecule has 3 atom stereocenters. The number of ether oxygens (including phenoxy) is 3. The lowest BCUT2D eigenvalue weighted by Gasteiger charge is -2.19. The summed E-state index contributed by atoms with van der Waals surface area (Å²) in [7, 11) is 0. The molecule has 1 N–H and O–H groups in total. The maximum atomic E-state index is 12.6. The Labute approximate surface area is 216 Å². The van der Waals surface area contributed by atoms with Gasteiger partial charge in [-0.05, 0) is 48.5 Å². The number of halogens is 2. The van der Waals surface area contributed by atoms with Crippen LogP contribution in [0.3, 0.4) is 0 Å². The van der Waals surface area contributed by atoms with Gasteiger partial charge in [0.15, 0.2) is 0 Å². The number of nitrogens with zero attached hydrogens (tertiary/aromatic N) is 1. The van der Waals surface area contributed by atoms with Crippen LogP contribution in [0.25, 0.3) is 0 Å². The standard InChI is InChI=1S/C23H18Cl2N2O7.C2H6/c24-15-5-1-13(2-6-15)21(29)32-12-18-17(34-22(30)14-3-7-16(25)8-4-14)11-20(33-18)27-19(28)9-10-26-23(27)31;1-2/h1-10,17-18,20H,11-12H2,(H,26,31);1-2H3. The van der Waals surface area contributed by atoms with Crippen molar-refractivity contribution in [3.05, 3.63) is 103 Å². The van der Waals surface area contributed by atoms with E-state index >= 15 is 0 Å². The topological polar surface area (TPSA) is 117 Å². The predicted molar refractivity (Wildman–Crippen MR) is 134 cm³/mol. The molecule has 3 unspecified atom stereocenters. The zero-order valence-corrected chi connectivity index (χ0v) is 21.0. The number of rotatable bonds is 6. The molecule has 0 aliphatic carbocycles. The number of esters is 2. The number of carbonyl (C=O) groups is 2. The Balaban J connectivity index is 0.00000176. The molecule has 36 heavy (non-hydrogen) atoms.